The van der Waals surface area contributed by atoms with Gasteiger partial charge in [-0.3, -0.25) is 0 Å². The lowest BCUT2D eigenvalue weighted by molar-refractivity contribution is 0.246. The van der Waals surface area contributed by atoms with Crippen molar-refractivity contribution >= 4 is 23.5 Å². The molecule has 7 nitrogen and oxygen atoms in total. The van der Waals surface area contributed by atoms with Crippen molar-refractivity contribution in [1.29, 1.82) is 0 Å². The molecule has 2 N–H and O–H groups in total. The molecule has 34 heavy (non-hydrogen) atoms. The zero-order chi connectivity index (χ0) is 23.7. The number of likely N-dealkylation sites (tertiary alicyclic amines) is 1. The first-order valence-electron chi connectivity index (χ1n) is 11.5. The quantitative estimate of drug-likeness (QED) is 0.558. The average Bonchev–Trinajstić information content (AvgIpc) is 3.33. The highest BCUT2D eigenvalue weighted by atomic mass is 19.1. The maximum absolute atomic E-state index is 14.7. The van der Waals surface area contributed by atoms with Gasteiger partial charge >= 0.3 is 6.03 Å². The monoisotopic (exact) mass is 464 g/mol. The Bertz CT molecular complexity index is 1230. The number of hydrogen-bond acceptors (Lipinski definition) is 5. The zero-order valence-electron chi connectivity index (χ0n) is 18.9. The fraction of sp³-hybridized carbons (Fsp3) is 0.320. The van der Waals surface area contributed by atoms with E-state index in [0.717, 1.165) is 25.2 Å². The first-order valence-corrected chi connectivity index (χ1v) is 11.5. The highest BCUT2D eigenvalue weighted by molar-refractivity contribution is 6.02. The van der Waals surface area contributed by atoms with Crippen molar-refractivity contribution in [1.82, 2.24) is 20.2 Å². The number of nitrogens with one attached hydrogen (secondary N) is 2. The Balaban J connectivity index is 1.59. The number of rotatable bonds is 6. The fourth-order valence-corrected chi connectivity index (χ4v) is 4.54. The van der Waals surface area contributed by atoms with E-state index in [0.29, 0.717) is 35.1 Å². The summed E-state index contributed by atoms with van der Waals surface area (Å²) in [5.41, 5.74) is 2.75. The molecule has 0 radical (unpaired) electrons. The molecule has 5 rings (SSSR count). The van der Waals surface area contributed by atoms with Crippen molar-refractivity contribution in [3.05, 3.63) is 65.2 Å². The van der Waals surface area contributed by atoms with Crippen LogP contribution in [0.1, 0.15) is 24.0 Å². The van der Waals surface area contributed by atoms with Crippen LogP contribution in [-0.2, 0) is 6.54 Å². The summed E-state index contributed by atoms with van der Waals surface area (Å²) in [5, 5.41) is 6.07. The molecule has 2 amide bonds. The summed E-state index contributed by atoms with van der Waals surface area (Å²) in [6.45, 7) is 5.63. The third-order valence-corrected chi connectivity index (χ3v) is 6.26. The molecule has 3 heterocycles. The Morgan fingerprint density at radius 1 is 1.09 bits per heavy atom. The Morgan fingerprint density at radius 3 is 2.65 bits per heavy atom. The lowest BCUT2D eigenvalue weighted by Crippen LogP contribution is -2.42. The lowest BCUT2D eigenvalue weighted by atomic mass is 10.00. The van der Waals surface area contributed by atoms with E-state index in [1.54, 1.807) is 18.2 Å². The molecule has 1 saturated heterocycles. The van der Waals surface area contributed by atoms with E-state index in [1.807, 2.05) is 6.92 Å². The van der Waals surface area contributed by atoms with Gasteiger partial charge in [0.05, 0.1) is 17.9 Å². The van der Waals surface area contributed by atoms with E-state index in [2.05, 4.69) is 20.5 Å². The van der Waals surface area contributed by atoms with Crippen LogP contribution in [0.2, 0.25) is 0 Å². The first kappa shape index (κ1) is 22.2. The number of benzene rings is 2. The molecule has 1 aromatic heterocycles. The summed E-state index contributed by atoms with van der Waals surface area (Å²) in [4.78, 5) is 25.9. The number of urea groups is 1. The van der Waals surface area contributed by atoms with Gasteiger partial charge < -0.3 is 15.5 Å². The smallest absolute Gasteiger partial charge is 0.328 e. The zero-order valence-corrected chi connectivity index (χ0v) is 18.9. The standard InChI is InChI=1S/C25H26F2N6O/c1-16-14-17(26)8-9-18(16)22-19-15-29-25(34)33(21-7-3-2-6-20(21)27)23(19)31-24(30-22)28-10-13-32-11-4-5-12-32/h2-3,6-9,14H,4-5,10-13,15H2,1H3,(H,29,34)(H,28,30,31). The molecule has 0 saturated carbocycles. The topological polar surface area (TPSA) is 73.4 Å². The second kappa shape index (κ2) is 9.34. The number of hydrogen-bond donors (Lipinski definition) is 2. The van der Waals surface area contributed by atoms with Crippen LogP contribution < -0.4 is 15.5 Å². The second-order valence-electron chi connectivity index (χ2n) is 8.58. The highest BCUT2D eigenvalue weighted by Gasteiger charge is 2.32. The van der Waals surface area contributed by atoms with E-state index in [-0.39, 0.29) is 18.0 Å². The van der Waals surface area contributed by atoms with E-state index >= 15 is 0 Å². The number of aromatic nitrogens is 2. The largest absolute Gasteiger partial charge is 0.353 e. The Hall–Kier alpha value is -3.59. The number of carbonyl (C=O) groups excluding carboxylic acids is 1. The molecule has 0 unspecified atom stereocenters. The predicted molar refractivity (Wildman–Crippen MR) is 127 cm³/mol. The van der Waals surface area contributed by atoms with E-state index < -0.39 is 11.8 Å². The van der Waals surface area contributed by atoms with E-state index in [1.165, 1.54) is 42.0 Å². The molecule has 2 aromatic carbocycles. The third-order valence-electron chi connectivity index (χ3n) is 6.26. The van der Waals surface area contributed by atoms with Crippen molar-refractivity contribution in [2.75, 3.05) is 36.4 Å². The number of amides is 2. The van der Waals surface area contributed by atoms with Gasteiger partial charge in [-0.2, -0.15) is 4.98 Å². The van der Waals surface area contributed by atoms with Gasteiger partial charge in [-0.15, -0.1) is 0 Å². The predicted octanol–water partition coefficient (Wildman–Crippen LogP) is 4.60. The van der Waals surface area contributed by atoms with E-state index in [9.17, 15) is 13.6 Å². The molecule has 0 spiro atoms. The minimum absolute atomic E-state index is 0.101. The number of carbonyl (C=O) groups is 1. The third kappa shape index (κ3) is 4.31. The number of nitrogens with zero attached hydrogens (tertiary/aromatic N) is 4. The van der Waals surface area contributed by atoms with Crippen molar-refractivity contribution in [3.8, 4) is 11.3 Å². The first-order chi connectivity index (χ1) is 16.5. The molecule has 0 atom stereocenters. The van der Waals surface area contributed by atoms with Crippen molar-refractivity contribution in [2.45, 2.75) is 26.3 Å². The summed E-state index contributed by atoms with van der Waals surface area (Å²) in [5.74, 6) is -0.222. The average molecular weight is 465 g/mol. The number of halogens is 2. The van der Waals surface area contributed by atoms with Crippen LogP contribution in [-0.4, -0.2) is 47.1 Å². The fourth-order valence-electron chi connectivity index (χ4n) is 4.54. The highest BCUT2D eigenvalue weighted by Crippen LogP contribution is 2.38. The minimum Gasteiger partial charge on any atom is -0.353 e. The lowest BCUT2D eigenvalue weighted by Gasteiger charge is -2.30. The molecule has 0 aliphatic carbocycles. The molecule has 176 valence electrons. The van der Waals surface area contributed by atoms with Gasteiger partial charge in [0.1, 0.15) is 11.6 Å². The minimum atomic E-state index is -0.535. The second-order valence-corrected chi connectivity index (χ2v) is 8.58. The van der Waals surface area contributed by atoms with Gasteiger partial charge in [-0.25, -0.2) is 23.5 Å². The molecular formula is C25H26F2N6O. The van der Waals surface area contributed by atoms with Crippen molar-refractivity contribution < 1.29 is 13.6 Å². The number of fused-ring (bicyclic) bond motifs is 1. The van der Waals surface area contributed by atoms with Gasteiger partial charge in [0, 0.05) is 24.2 Å². The SMILES string of the molecule is Cc1cc(F)ccc1-c1nc(NCCN2CCCC2)nc2c1CNC(=O)N2c1ccccc1F. The Labute approximate surface area is 196 Å². The van der Waals surface area contributed by atoms with Crippen LogP contribution in [0, 0.1) is 18.6 Å². The van der Waals surface area contributed by atoms with Gasteiger partial charge in [-0.05, 0) is 68.8 Å². The Morgan fingerprint density at radius 2 is 1.88 bits per heavy atom. The van der Waals surface area contributed by atoms with Gasteiger partial charge in [0.2, 0.25) is 5.95 Å². The molecule has 2 aliphatic rings. The van der Waals surface area contributed by atoms with Crippen LogP contribution in [0.15, 0.2) is 42.5 Å². The molecule has 2 aliphatic heterocycles. The van der Waals surface area contributed by atoms with Crippen molar-refractivity contribution in [2.24, 2.45) is 0 Å². The number of para-hydroxylation sites is 1. The summed E-state index contributed by atoms with van der Waals surface area (Å²) in [6.07, 6.45) is 2.41. The van der Waals surface area contributed by atoms with E-state index in [4.69, 9.17) is 4.98 Å². The molecular weight excluding hydrogens is 438 g/mol. The summed E-state index contributed by atoms with van der Waals surface area (Å²) in [7, 11) is 0. The van der Waals surface area contributed by atoms with Crippen LogP contribution in [0.4, 0.5) is 31.0 Å². The van der Waals surface area contributed by atoms with Crippen LogP contribution >= 0.6 is 0 Å². The van der Waals surface area contributed by atoms with Crippen molar-refractivity contribution in [3.63, 3.8) is 0 Å². The summed E-state index contributed by atoms with van der Waals surface area (Å²) < 4.78 is 28.5. The molecule has 1 fully saturated rings. The molecule has 0 bridgehead atoms. The Kier molecular flexibility index (Phi) is 6.10. The maximum atomic E-state index is 14.7. The molecule has 3 aromatic rings. The summed E-state index contributed by atoms with van der Waals surface area (Å²) in [6, 6.07) is 10.1. The van der Waals surface area contributed by atoms with Crippen LogP contribution in [0.25, 0.3) is 11.3 Å². The molecule has 9 heteroatoms. The number of anilines is 3. The van der Waals surface area contributed by atoms with Gasteiger partial charge in [-0.1, -0.05) is 12.1 Å². The normalized spacial score (nSPS) is 15.9. The van der Waals surface area contributed by atoms with Crippen LogP contribution in [0.3, 0.4) is 0 Å². The summed E-state index contributed by atoms with van der Waals surface area (Å²) >= 11 is 0. The maximum Gasteiger partial charge on any atom is 0.328 e. The van der Waals surface area contributed by atoms with Gasteiger partial charge in [0.25, 0.3) is 0 Å². The van der Waals surface area contributed by atoms with Crippen LogP contribution in [0.5, 0.6) is 0 Å². The number of aryl methyl sites for hydroxylation is 1. The van der Waals surface area contributed by atoms with Gasteiger partial charge in [0.15, 0.2) is 5.82 Å².